The molecule has 0 amide bonds. The number of benzene rings is 1. The van der Waals surface area contributed by atoms with Crippen molar-refractivity contribution in [1.82, 2.24) is 4.98 Å². The molecule has 0 N–H and O–H groups in total. The van der Waals surface area contributed by atoms with Crippen LogP contribution in [0.25, 0.3) is 10.9 Å². The Balaban J connectivity index is 2.74. The van der Waals surface area contributed by atoms with E-state index in [0.717, 1.165) is 17.0 Å². The van der Waals surface area contributed by atoms with E-state index >= 15 is 0 Å². The number of pyridine rings is 1. The van der Waals surface area contributed by atoms with E-state index < -0.39 is 20.8 Å². The molecule has 0 radical (unpaired) electrons. The Hall–Kier alpha value is -0.880. The first-order valence-electron chi connectivity index (χ1n) is 5.11. The quantitative estimate of drug-likeness (QED) is 0.602. The van der Waals surface area contributed by atoms with Gasteiger partial charge in [0.2, 0.25) is 0 Å². The molecule has 0 aliphatic carbocycles. The zero-order valence-electron chi connectivity index (χ0n) is 9.82. The number of fused-ring (bicyclic) bond motifs is 1. The maximum Gasteiger partial charge on any atom is 0.416 e. The van der Waals surface area contributed by atoms with Crippen LogP contribution in [0, 0.1) is 0 Å². The molecule has 0 atom stereocenters. The van der Waals surface area contributed by atoms with Gasteiger partial charge in [-0.25, -0.2) is 0 Å². The Labute approximate surface area is 110 Å². The highest BCUT2D eigenvalue weighted by atomic mass is 33.1. The number of nitrogens with zero attached hydrogens (tertiary/aromatic N) is 1. The van der Waals surface area contributed by atoms with Crippen LogP contribution in [-0.4, -0.2) is 17.5 Å². The molecule has 1 nitrogen and oxygen atoms in total. The first-order chi connectivity index (χ1) is 8.19. The van der Waals surface area contributed by atoms with Gasteiger partial charge in [0.05, 0.1) is 11.1 Å². The molecule has 1 aromatic heterocycles. The summed E-state index contributed by atoms with van der Waals surface area (Å²) in [4.78, 5) is 4.91. The van der Waals surface area contributed by atoms with Crippen molar-refractivity contribution in [3.63, 3.8) is 0 Å². The maximum absolute atomic E-state index is 12.7. The van der Waals surface area contributed by atoms with E-state index in [-0.39, 0.29) is 0 Å². The predicted octanol–water partition coefficient (Wildman–Crippen LogP) is 4.52. The predicted molar refractivity (Wildman–Crippen MR) is 73.4 cm³/mol. The van der Waals surface area contributed by atoms with Crippen LogP contribution in [0.3, 0.4) is 0 Å². The molecule has 1 heterocycles. The summed E-state index contributed by atoms with van der Waals surface area (Å²) in [6.07, 6.45) is 1.11. The van der Waals surface area contributed by atoms with Crippen LogP contribution < -0.4 is 0 Å². The first kappa shape index (κ1) is 13.5. The van der Waals surface area contributed by atoms with Gasteiger partial charge < -0.3 is 0 Å². The smallest absolute Gasteiger partial charge is 0.256 e. The third kappa shape index (κ3) is 2.59. The van der Waals surface area contributed by atoms with E-state index in [0.29, 0.717) is 10.9 Å². The van der Waals surface area contributed by atoms with Gasteiger partial charge in [-0.15, -0.1) is 11.7 Å². The zero-order valence-corrected chi connectivity index (χ0v) is 11.5. The van der Waals surface area contributed by atoms with Crippen LogP contribution in [0.2, 0.25) is 0 Å². The summed E-state index contributed by atoms with van der Waals surface area (Å²) in [6.45, 7) is 0. The molecule has 18 heavy (non-hydrogen) atoms. The van der Waals surface area contributed by atoms with Crippen LogP contribution in [-0.2, 0) is 6.18 Å². The minimum absolute atomic E-state index is 0.530. The fourth-order valence-corrected chi connectivity index (χ4v) is 3.31. The average molecular weight is 291 g/mol. The SMILES string of the molecule is CS(C)(S)c1ccnc2ccc(C(F)(F)F)cc12. The van der Waals surface area contributed by atoms with Crippen molar-refractivity contribution in [1.29, 1.82) is 0 Å². The zero-order chi connectivity index (χ0) is 13.6. The van der Waals surface area contributed by atoms with Crippen LogP contribution in [0.15, 0.2) is 35.4 Å². The van der Waals surface area contributed by atoms with E-state index in [4.69, 9.17) is 0 Å². The van der Waals surface area contributed by atoms with Gasteiger partial charge in [0, 0.05) is 16.5 Å². The highest BCUT2D eigenvalue weighted by Gasteiger charge is 2.31. The third-order valence-corrected chi connectivity index (χ3v) is 4.59. The lowest BCUT2D eigenvalue weighted by Gasteiger charge is -2.26. The number of hydrogen-bond donors (Lipinski definition) is 1. The van der Waals surface area contributed by atoms with Crippen LogP contribution >= 0.6 is 20.7 Å². The number of hydrogen-bond acceptors (Lipinski definition) is 2. The van der Waals surface area contributed by atoms with E-state index in [1.807, 2.05) is 12.5 Å². The number of halogens is 3. The number of rotatable bonds is 1. The number of thiol groups is 1. The second kappa shape index (κ2) is 4.35. The van der Waals surface area contributed by atoms with Crippen molar-refractivity contribution in [2.24, 2.45) is 0 Å². The lowest BCUT2D eigenvalue weighted by molar-refractivity contribution is -0.137. The first-order valence-corrected chi connectivity index (χ1v) is 8.61. The fourth-order valence-electron chi connectivity index (χ4n) is 1.73. The molecule has 98 valence electrons. The third-order valence-electron chi connectivity index (χ3n) is 2.57. The highest BCUT2D eigenvalue weighted by Crippen LogP contribution is 2.55. The number of alkyl halides is 3. The lowest BCUT2D eigenvalue weighted by Crippen LogP contribution is -2.05. The van der Waals surface area contributed by atoms with E-state index in [2.05, 4.69) is 16.6 Å². The molecule has 0 bridgehead atoms. The van der Waals surface area contributed by atoms with Crippen molar-refractivity contribution >= 4 is 31.6 Å². The Bertz CT molecular complexity index is 588. The minimum Gasteiger partial charge on any atom is -0.256 e. The fraction of sp³-hybridized carbons (Fsp3) is 0.250. The van der Waals surface area contributed by atoms with Gasteiger partial charge in [0.1, 0.15) is 0 Å². The normalized spacial score (nSPS) is 13.9. The molecule has 0 saturated heterocycles. The molecular weight excluding hydrogens is 279 g/mol. The van der Waals surface area contributed by atoms with Gasteiger partial charge >= 0.3 is 6.18 Å². The van der Waals surface area contributed by atoms with Crippen molar-refractivity contribution in [2.45, 2.75) is 11.1 Å². The van der Waals surface area contributed by atoms with Gasteiger partial charge in [-0.1, -0.05) is 0 Å². The summed E-state index contributed by atoms with van der Waals surface area (Å²) in [5.74, 6) is 0. The Morgan fingerprint density at radius 3 is 2.39 bits per heavy atom. The maximum atomic E-state index is 12.7. The standard InChI is InChI=1S/C12H12F3NS2/c1-18(2,17)11-5-6-16-10-4-3-8(7-9(10)11)12(13,14)15/h3-7,17H,1-2H3. The second-order valence-electron chi connectivity index (χ2n) is 4.31. The molecule has 0 spiro atoms. The molecule has 2 aromatic rings. The van der Waals surface area contributed by atoms with E-state index in [1.165, 1.54) is 6.07 Å². The summed E-state index contributed by atoms with van der Waals surface area (Å²) in [5.41, 5.74) is -0.0867. The average Bonchev–Trinajstić information content (AvgIpc) is 2.25. The summed E-state index contributed by atoms with van der Waals surface area (Å²) in [7, 11) is -1.40. The van der Waals surface area contributed by atoms with Crippen molar-refractivity contribution in [3.05, 3.63) is 36.0 Å². The molecular formula is C12H12F3NS2. The van der Waals surface area contributed by atoms with Crippen LogP contribution in [0.5, 0.6) is 0 Å². The number of aromatic nitrogens is 1. The molecule has 2 rings (SSSR count). The Kier molecular flexibility index (Phi) is 3.27. The van der Waals surface area contributed by atoms with Gasteiger partial charge in [-0.3, -0.25) is 4.98 Å². The van der Waals surface area contributed by atoms with E-state index in [9.17, 15) is 13.2 Å². The van der Waals surface area contributed by atoms with Crippen LogP contribution in [0.1, 0.15) is 5.56 Å². The molecule has 1 aromatic carbocycles. The van der Waals surface area contributed by atoms with Crippen LogP contribution in [0.4, 0.5) is 13.2 Å². The highest BCUT2D eigenvalue weighted by molar-refractivity contribution is 8.87. The van der Waals surface area contributed by atoms with Gasteiger partial charge in [0.15, 0.2) is 0 Å². The Morgan fingerprint density at radius 1 is 1.17 bits per heavy atom. The summed E-state index contributed by atoms with van der Waals surface area (Å²) >= 11 is 4.50. The van der Waals surface area contributed by atoms with Crippen molar-refractivity contribution in [3.8, 4) is 0 Å². The van der Waals surface area contributed by atoms with Gasteiger partial charge in [-0.2, -0.15) is 22.2 Å². The molecule has 6 heteroatoms. The van der Waals surface area contributed by atoms with E-state index in [1.54, 1.807) is 12.3 Å². The summed E-state index contributed by atoms with van der Waals surface area (Å²) in [5, 5.41) is 0.530. The molecule has 0 aliphatic rings. The topological polar surface area (TPSA) is 12.9 Å². The largest absolute Gasteiger partial charge is 0.416 e. The molecule has 0 aliphatic heterocycles. The Morgan fingerprint density at radius 2 is 1.83 bits per heavy atom. The second-order valence-corrected chi connectivity index (χ2v) is 10.0. The van der Waals surface area contributed by atoms with Crippen molar-refractivity contribution < 1.29 is 13.2 Å². The molecule has 0 saturated carbocycles. The molecule has 0 fully saturated rings. The molecule has 0 unspecified atom stereocenters. The monoisotopic (exact) mass is 291 g/mol. The van der Waals surface area contributed by atoms with Gasteiger partial charge in [0.25, 0.3) is 0 Å². The van der Waals surface area contributed by atoms with Crippen molar-refractivity contribution in [2.75, 3.05) is 12.5 Å². The minimum atomic E-state index is -4.34. The summed E-state index contributed by atoms with van der Waals surface area (Å²) in [6, 6.07) is 5.36. The lowest BCUT2D eigenvalue weighted by atomic mass is 10.1. The van der Waals surface area contributed by atoms with Gasteiger partial charge in [-0.05, 0) is 36.8 Å². The summed E-state index contributed by atoms with van der Waals surface area (Å²) < 4.78 is 38.1.